The van der Waals surface area contributed by atoms with Gasteiger partial charge < -0.3 is 15.2 Å². The first-order chi connectivity index (χ1) is 3.81. The van der Waals surface area contributed by atoms with Gasteiger partial charge in [0.2, 0.25) is 0 Å². The van der Waals surface area contributed by atoms with Crippen LogP contribution in [0.15, 0.2) is 0 Å². The van der Waals surface area contributed by atoms with E-state index in [1.807, 2.05) is 0 Å². The van der Waals surface area contributed by atoms with Crippen molar-refractivity contribution < 1.29 is 9.90 Å². The summed E-state index contributed by atoms with van der Waals surface area (Å²) >= 11 is 0. The predicted octanol–water partition coefficient (Wildman–Crippen LogP) is -1.27. The molecule has 0 saturated carbocycles. The fraction of sp³-hybridized carbons (Fsp3) is 0.400. The number of aliphatic hydroxyl groups is 1. The van der Waals surface area contributed by atoms with E-state index in [0.717, 1.165) is 0 Å². The van der Waals surface area contributed by atoms with Crippen molar-refractivity contribution in [2.75, 3.05) is 6.54 Å². The first-order valence-electron chi connectivity index (χ1n) is 2.13. The van der Waals surface area contributed by atoms with Gasteiger partial charge in [-0.1, -0.05) is 6.42 Å². The van der Waals surface area contributed by atoms with Crippen LogP contribution in [0.25, 0.3) is 0 Å². The quantitative estimate of drug-likeness (QED) is 0.272. The van der Waals surface area contributed by atoms with Crippen LogP contribution < -0.4 is 5.32 Å². The number of hydrogen-bond donors (Lipinski definition) is 2. The van der Waals surface area contributed by atoms with Crippen LogP contribution in [-0.4, -0.2) is 24.0 Å². The third-order valence-electron chi connectivity index (χ3n) is 0.570. The van der Waals surface area contributed by atoms with Crippen LogP contribution in [0.5, 0.6) is 0 Å². The summed E-state index contributed by atoms with van der Waals surface area (Å²) in [7, 11) is 0. The molecule has 0 saturated heterocycles. The molecule has 8 heavy (non-hydrogen) atoms. The second-order valence-corrected chi connectivity index (χ2v) is 1.23. The van der Waals surface area contributed by atoms with Crippen LogP contribution in [0.1, 0.15) is 0 Å². The molecule has 0 aromatic rings. The Bertz CT molecular complexity index is 105. The normalized spacial score (nSPS) is 11.5. The van der Waals surface area contributed by atoms with Gasteiger partial charge in [0.15, 0.2) is 0 Å². The minimum absolute atomic E-state index is 0.125. The summed E-state index contributed by atoms with van der Waals surface area (Å²) in [6, 6.07) is 2.06. The lowest BCUT2D eigenvalue weighted by Crippen LogP contribution is -2.23. The van der Waals surface area contributed by atoms with Gasteiger partial charge in [-0.25, -0.2) is 0 Å². The van der Waals surface area contributed by atoms with E-state index >= 15 is 0 Å². The van der Waals surface area contributed by atoms with Crippen LogP contribution in [0.2, 0.25) is 0 Å². The molecule has 0 aliphatic carbocycles. The number of nitrogens with one attached hydrogen (secondary N) is 1. The maximum absolute atomic E-state index is 9.65. The Hall–Kier alpha value is -1.01. The minimum atomic E-state index is -0.981. The van der Waals surface area contributed by atoms with E-state index in [4.69, 9.17) is 11.5 Å². The van der Waals surface area contributed by atoms with Gasteiger partial charge >= 0.3 is 0 Å². The lowest BCUT2D eigenvalue weighted by atomic mass is 10.4. The van der Waals surface area contributed by atoms with Gasteiger partial charge in [-0.2, -0.15) is 0 Å². The molecular formula is C5H7NO2. The van der Waals surface area contributed by atoms with Crippen molar-refractivity contribution in [3.63, 3.8) is 0 Å². The molecule has 1 unspecified atom stereocenters. The number of aldehydes is 1. The summed E-state index contributed by atoms with van der Waals surface area (Å²) in [4.78, 5) is 9.65. The number of terminal acetylenes is 1. The molecule has 0 rings (SSSR count). The molecule has 0 aliphatic rings. The summed E-state index contributed by atoms with van der Waals surface area (Å²) in [5.74, 6) is 0. The van der Waals surface area contributed by atoms with Gasteiger partial charge in [0.05, 0.1) is 6.54 Å². The largest absolute Gasteiger partial charge is 0.384 e. The Balaban J connectivity index is 3.13. The topological polar surface area (TPSA) is 49.3 Å². The van der Waals surface area contributed by atoms with E-state index in [0.29, 0.717) is 6.29 Å². The zero-order valence-corrected chi connectivity index (χ0v) is 4.29. The molecule has 0 heterocycles. The zero-order chi connectivity index (χ0) is 6.41. The number of carbonyl (C=O) groups excluding carboxylic acids is 1. The number of carbonyl (C=O) groups is 1. The lowest BCUT2D eigenvalue weighted by Gasteiger charge is -1.97. The Morgan fingerprint density at radius 3 is 3.00 bits per heavy atom. The van der Waals surface area contributed by atoms with E-state index in [-0.39, 0.29) is 6.54 Å². The highest BCUT2D eigenvalue weighted by Gasteiger charge is 1.95. The Morgan fingerprint density at radius 1 is 2.00 bits per heavy atom. The number of rotatable bonds is 3. The first-order valence-corrected chi connectivity index (χ1v) is 2.13. The Labute approximate surface area is 47.7 Å². The van der Waals surface area contributed by atoms with Gasteiger partial charge in [-0.15, -0.1) is 0 Å². The van der Waals surface area contributed by atoms with E-state index in [1.54, 1.807) is 0 Å². The Kier molecular flexibility index (Phi) is 3.63. The first kappa shape index (κ1) is 6.99. The van der Waals surface area contributed by atoms with E-state index in [9.17, 15) is 4.79 Å². The van der Waals surface area contributed by atoms with Gasteiger partial charge in [0, 0.05) is 6.04 Å². The maximum Gasteiger partial charge on any atom is 0.150 e. The molecule has 2 N–H and O–H groups in total. The number of aliphatic hydroxyl groups excluding tert-OH is 1. The third-order valence-corrected chi connectivity index (χ3v) is 0.570. The molecule has 0 bridgehead atoms. The molecule has 0 radical (unpaired) electrons. The number of hydrogen-bond acceptors (Lipinski definition) is 3. The van der Waals surface area contributed by atoms with Crippen molar-refractivity contribution in [1.29, 1.82) is 0 Å². The van der Waals surface area contributed by atoms with Gasteiger partial charge in [-0.05, 0) is 0 Å². The highest BCUT2D eigenvalue weighted by atomic mass is 16.3. The molecule has 0 spiro atoms. The van der Waals surface area contributed by atoms with Crippen molar-refractivity contribution in [2.45, 2.75) is 6.10 Å². The van der Waals surface area contributed by atoms with Crippen LogP contribution in [0.3, 0.4) is 0 Å². The second-order valence-electron chi connectivity index (χ2n) is 1.23. The average Bonchev–Trinajstić information content (AvgIpc) is 1.83. The summed E-state index contributed by atoms with van der Waals surface area (Å²) in [6.45, 7) is 0.125. The Morgan fingerprint density at radius 2 is 2.62 bits per heavy atom. The molecule has 44 valence electrons. The van der Waals surface area contributed by atoms with Gasteiger partial charge in [0.25, 0.3) is 0 Å². The molecule has 3 nitrogen and oxygen atoms in total. The molecular weight excluding hydrogens is 106 g/mol. The molecule has 0 fully saturated rings. The SMILES string of the molecule is C#CNCC(O)C=O. The summed E-state index contributed by atoms with van der Waals surface area (Å²) < 4.78 is 0. The predicted molar refractivity (Wildman–Crippen MR) is 28.9 cm³/mol. The van der Waals surface area contributed by atoms with Crippen molar-refractivity contribution in [3.05, 3.63) is 0 Å². The molecule has 0 aliphatic heterocycles. The van der Waals surface area contributed by atoms with Gasteiger partial charge in [0.1, 0.15) is 12.4 Å². The third kappa shape index (κ3) is 3.19. The molecule has 3 heteroatoms. The van der Waals surface area contributed by atoms with E-state index in [2.05, 4.69) is 11.4 Å². The second kappa shape index (κ2) is 4.16. The van der Waals surface area contributed by atoms with Crippen molar-refractivity contribution in [2.24, 2.45) is 0 Å². The van der Waals surface area contributed by atoms with Crippen molar-refractivity contribution in [3.8, 4) is 12.5 Å². The van der Waals surface area contributed by atoms with Crippen LogP contribution in [0.4, 0.5) is 0 Å². The molecule has 0 aromatic carbocycles. The highest BCUT2D eigenvalue weighted by Crippen LogP contribution is 1.68. The van der Waals surface area contributed by atoms with Crippen molar-refractivity contribution >= 4 is 6.29 Å². The zero-order valence-electron chi connectivity index (χ0n) is 4.29. The fourth-order valence-corrected chi connectivity index (χ4v) is 0.212. The van der Waals surface area contributed by atoms with Crippen LogP contribution in [-0.2, 0) is 4.79 Å². The smallest absolute Gasteiger partial charge is 0.150 e. The average molecular weight is 113 g/mol. The molecule has 0 aromatic heterocycles. The summed E-state index contributed by atoms with van der Waals surface area (Å²) in [5, 5.41) is 10.8. The molecule has 0 amide bonds. The lowest BCUT2D eigenvalue weighted by molar-refractivity contribution is -0.114. The van der Waals surface area contributed by atoms with Crippen LogP contribution in [0, 0.1) is 12.5 Å². The highest BCUT2D eigenvalue weighted by molar-refractivity contribution is 5.55. The molecule has 1 atom stereocenters. The van der Waals surface area contributed by atoms with Crippen LogP contribution >= 0.6 is 0 Å². The minimum Gasteiger partial charge on any atom is -0.384 e. The maximum atomic E-state index is 9.65. The fourth-order valence-electron chi connectivity index (χ4n) is 0.212. The van der Waals surface area contributed by atoms with Gasteiger partial charge in [-0.3, -0.25) is 0 Å². The standard InChI is InChI=1S/C5H7NO2/c1-2-6-3-5(8)4-7/h1,4-6,8H,3H2. The van der Waals surface area contributed by atoms with E-state index in [1.165, 1.54) is 0 Å². The monoisotopic (exact) mass is 113 g/mol. The summed E-state index contributed by atoms with van der Waals surface area (Å²) in [6.07, 6.45) is 4.18. The summed E-state index contributed by atoms with van der Waals surface area (Å²) in [5.41, 5.74) is 0. The van der Waals surface area contributed by atoms with E-state index < -0.39 is 6.10 Å². The van der Waals surface area contributed by atoms with Crippen molar-refractivity contribution in [1.82, 2.24) is 5.32 Å².